The molecule has 1 aliphatic heterocycles. The van der Waals surface area contributed by atoms with Crippen molar-refractivity contribution >= 4 is 65.9 Å². The second-order valence-corrected chi connectivity index (χ2v) is 9.60. The maximum absolute atomic E-state index is 13.3. The Morgan fingerprint density at radius 2 is 1.94 bits per heavy atom. The lowest BCUT2D eigenvalue weighted by molar-refractivity contribution is -0.117. The fraction of sp³-hybridized carbons (Fsp3) is 0.0870. The van der Waals surface area contributed by atoms with Gasteiger partial charge in [0.15, 0.2) is 16.7 Å². The lowest BCUT2D eigenvalue weighted by Crippen LogP contribution is -2.30. The van der Waals surface area contributed by atoms with E-state index in [0.29, 0.717) is 27.0 Å². The monoisotopic (exact) mass is 528 g/mol. The van der Waals surface area contributed by atoms with E-state index in [-0.39, 0.29) is 11.3 Å². The topological polar surface area (TPSA) is 83.6 Å². The molecule has 6 nitrogen and oxygen atoms in total. The molecule has 0 radical (unpaired) electrons. The van der Waals surface area contributed by atoms with Crippen LogP contribution in [-0.4, -0.2) is 21.8 Å². The van der Waals surface area contributed by atoms with Gasteiger partial charge in [0.1, 0.15) is 5.76 Å². The minimum atomic E-state index is -0.871. The number of hydrogen-bond acceptors (Lipinski definition) is 6. The van der Waals surface area contributed by atoms with E-state index < -0.39 is 23.5 Å². The number of halogens is 2. The van der Waals surface area contributed by atoms with Gasteiger partial charge in [-0.25, -0.2) is 4.98 Å². The Balaban J connectivity index is 1.68. The summed E-state index contributed by atoms with van der Waals surface area (Å²) in [6.07, 6.45) is 0. The molecule has 3 heterocycles. The summed E-state index contributed by atoms with van der Waals surface area (Å²) in [5, 5.41) is 11.7. The lowest BCUT2D eigenvalue weighted by atomic mass is 9.95. The van der Waals surface area contributed by atoms with Crippen LogP contribution in [0.1, 0.15) is 27.9 Å². The van der Waals surface area contributed by atoms with Gasteiger partial charge in [-0.05, 0) is 55.0 Å². The number of Topliss-reactive ketones (excluding diaryl/α,β-unsaturated/α-hetero) is 1. The molecule has 32 heavy (non-hydrogen) atoms. The maximum atomic E-state index is 13.3. The second kappa shape index (κ2) is 7.88. The van der Waals surface area contributed by atoms with Gasteiger partial charge in [0.05, 0.1) is 21.8 Å². The summed E-state index contributed by atoms with van der Waals surface area (Å²) < 4.78 is 7.12. The third-order valence-corrected chi connectivity index (χ3v) is 6.93. The van der Waals surface area contributed by atoms with Crippen LogP contribution >= 0.6 is 38.9 Å². The van der Waals surface area contributed by atoms with Crippen molar-refractivity contribution in [3.05, 3.63) is 92.5 Å². The van der Waals surface area contributed by atoms with Crippen LogP contribution in [0.25, 0.3) is 10.2 Å². The molecule has 0 saturated heterocycles. The molecule has 4 aromatic rings. The zero-order valence-corrected chi connectivity index (χ0v) is 19.7. The van der Waals surface area contributed by atoms with Gasteiger partial charge in [0.2, 0.25) is 5.78 Å². The predicted octanol–water partition coefficient (Wildman–Crippen LogP) is 6.40. The molecule has 1 atom stereocenters. The molecule has 0 spiro atoms. The smallest absolute Gasteiger partial charge is 0.296 e. The fourth-order valence-electron chi connectivity index (χ4n) is 3.67. The molecule has 0 fully saturated rings. The lowest BCUT2D eigenvalue weighted by Gasteiger charge is -2.24. The maximum Gasteiger partial charge on any atom is 0.296 e. The van der Waals surface area contributed by atoms with Crippen molar-refractivity contribution in [3.8, 4) is 0 Å². The number of fused-ring (bicyclic) bond motifs is 1. The van der Waals surface area contributed by atoms with Gasteiger partial charge in [-0.1, -0.05) is 51.0 Å². The fourth-order valence-corrected chi connectivity index (χ4v) is 5.21. The first-order chi connectivity index (χ1) is 15.3. The third kappa shape index (κ3) is 3.44. The number of carbonyl (C=O) groups is 2. The predicted molar refractivity (Wildman–Crippen MR) is 126 cm³/mol. The van der Waals surface area contributed by atoms with Gasteiger partial charge in [-0.2, -0.15) is 0 Å². The normalized spacial score (nSPS) is 16.4. The summed E-state index contributed by atoms with van der Waals surface area (Å²) in [4.78, 5) is 32.5. The first kappa shape index (κ1) is 20.9. The largest absolute Gasteiger partial charge is 0.503 e. The summed E-state index contributed by atoms with van der Waals surface area (Å²) >= 11 is 10.8. The number of nitrogens with zero attached hydrogens (tertiary/aromatic N) is 2. The Kier molecular flexibility index (Phi) is 5.16. The molecule has 2 aromatic carbocycles. The molecular weight excluding hydrogens is 516 g/mol. The van der Waals surface area contributed by atoms with Gasteiger partial charge in [0.25, 0.3) is 5.91 Å². The third-order valence-electron chi connectivity index (χ3n) is 5.15. The summed E-state index contributed by atoms with van der Waals surface area (Å²) in [5.41, 5.74) is 1.26. The molecule has 0 saturated carbocycles. The Morgan fingerprint density at radius 3 is 2.62 bits per heavy atom. The van der Waals surface area contributed by atoms with Gasteiger partial charge in [-0.3, -0.25) is 14.5 Å². The number of carbonyl (C=O) groups excluding carboxylic acids is 2. The number of aryl methyl sites for hydroxylation is 1. The van der Waals surface area contributed by atoms with E-state index in [1.807, 2.05) is 12.1 Å². The highest BCUT2D eigenvalue weighted by Crippen LogP contribution is 2.44. The number of benzene rings is 2. The molecule has 9 heteroatoms. The molecule has 160 valence electrons. The molecule has 2 aromatic heterocycles. The van der Waals surface area contributed by atoms with Crippen molar-refractivity contribution in [1.82, 2.24) is 4.98 Å². The minimum absolute atomic E-state index is 0.0519. The quantitative estimate of drug-likeness (QED) is 0.309. The average molecular weight is 530 g/mol. The van der Waals surface area contributed by atoms with E-state index in [4.69, 9.17) is 16.0 Å². The van der Waals surface area contributed by atoms with Crippen molar-refractivity contribution in [1.29, 1.82) is 0 Å². The molecule has 5 rings (SSSR count). The van der Waals surface area contributed by atoms with Crippen molar-refractivity contribution in [2.24, 2.45) is 0 Å². The number of thiazole rings is 1. The first-order valence-electron chi connectivity index (χ1n) is 9.53. The van der Waals surface area contributed by atoms with Gasteiger partial charge in [-0.15, -0.1) is 0 Å². The molecule has 1 unspecified atom stereocenters. The van der Waals surface area contributed by atoms with E-state index in [1.54, 1.807) is 43.3 Å². The highest BCUT2D eigenvalue weighted by atomic mass is 79.9. The Labute approximate surface area is 199 Å². The van der Waals surface area contributed by atoms with Crippen LogP contribution in [0.4, 0.5) is 5.13 Å². The second-order valence-electron chi connectivity index (χ2n) is 7.24. The van der Waals surface area contributed by atoms with Gasteiger partial charge >= 0.3 is 0 Å². The number of hydrogen-bond donors (Lipinski definition) is 1. The molecule has 1 N–H and O–H groups in total. The van der Waals surface area contributed by atoms with E-state index in [1.165, 1.54) is 22.3 Å². The zero-order valence-electron chi connectivity index (χ0n) is 16.5. The highest BCUT2D eigenvalue weighted by molar-refractivity contribution is 9.10. The Bertz CT molecular complexity index is 1420. The number of ketones is 1. The Hall–Kier alpha value is -2.94. The van der Waals surface area contributed by atoms with Crippen LogP contribution < -0.4 is 4.90 Å². The molecular formula is C23H14BrClN2O4S. The van der Waals surface area contributed by atoms with Crippen LogP contribution in [0.15, 0.2) is 74.8 Å². The number of amides is 1. The SMILES string of the molecule is Cc1ccc(C(=O)C2=C(O)C(=O)N(c3nc4ccc(Cl)cc4s3)C2c2ccc(Br)cc2)o1. The van der Waals surface area contributed by atoms with E-state index >= 15 is 0 Å². The van der Waals surface area contributed by atoms with Crippen LogP contribution in [0.3, 0.4) is 0 Å². The number of furan rings is 1. The van der Waals surface area contributed by atoms with Crippen LogP contribution in [0.5, 0.6) is 0 Å². The van der Waals surface area contributed by atoms with Crippen LogP contribution in [0.2, 0.25) is 5.02 Å². The summed E-state index contributed by atoms with van der Waals surface area (Å²) in [7, 11) is 0. The molecule has 0 bridgehead atoms. The number of aliphatic hydroxyl groups excluding tert-OH is 1. The molecule has 1 aliphatic rings. The van der Waals surface area contributed by atoms with E-state index in [0.717, 1.165) is 9.17 Å². The van der Waals surface area contributed by atoms with Crippen LogP contribution in [0, 0.1) is 6.92 Å². The molecule has 1 amide bonds. The number of aliphatic hydroxyl groups is 1. The van der Waals surface area contributed by atoms with Crippen molar-refractivity contribution in [2.45, 2.75) is 13.0 Å². The first-order valence-corrected chi connectivity index (χ1v) is 11.5. The minimum Gasteiger partial charge on any atom is -0.503 e. The van der Waals surface area contributed by atoms with Crippen molar-refractivity contribution < 1.29 is 19.1 Å². The summed E-state index contributed by atoms with van der Waals surface area (Å²) in [6.45, 7) is 1.72. The molecule has 0 aliphatic carbocycles. The number of anilines is 1. The van der Waals surface area contributed by atoms with Gasteiger partial charge < -0.3 is 9.52 Å². The van der Waals surface area contributed by atoms with E-state index in [2.05, 4.69) is 20.9 Å². The highest BCUT2D eigenvalue weighted by Gasteiger charge is 2.46. The van der Waals surface area contributed by atoms with Crippen molar-refractivity contribution in [3.63, 3.8) is 0 Å². The number of rotatable bonds is 4. The number of aromatic nitrogens is 1. The Morgan fingerprint density at radius 1 is 1.19 bits per heavy atom. The average Bonchev–Trinajstić information content (AvgIpc) is 3.44. The van der Waals surface area contributed by atoms with Crippen LogP contribution in [-0.2, 0) is 4.79 Å². The summed E-state index contributed by atoms with van der Waals surface area (Å²) in [5.74, 6) is -1.26. The standard InChI is InChI=1S/C23H14BrClN2O4S/c1-11-2-9-16(31-11)20(28)18-19(12-3-5-13(24)6-4-12)27(22(30)21(18)29)23-26-15-8-7-14(25)10-17(15)32-23/h2-10,19,29H,1H3. The zero-order chi connectivity index (χ0) is 22.6. The van der Waals surface area contributed by atoms with Gasteiger partial charge in [0, 0.05) is 9.50 Å². The van der Waals surface area contributed by atoms with E-state index in [9.17, 15) is 14.7 Å². The summed E-state index contributed by atoms with van der Waals surface area (Å²) in [6, 6.07) is 14.8. The van der Waals surface area contributed by atoms with Crippen molar-refractivity contribution in [2.75, 3.05) is 4.90 Å².